The molecule has 21 heavy (non-hydrogen) atoms. The Morgan fingerprint density at radius 1 is 1.19 bits per heavy atom. The number of benzene rings is 2. The van der Waals surface area contributed by atoms with Crippen molar-refractivity contribution in [1.29, 1.82) is 0 Å². The molecule has 1 unspecified atom stereocenters. The lowest BCUT2D eigenvalue weighted by molar-refractivity contribution is 0.525. The second-order valence-electron chi connectivity index (χ2n) is 4.79. The quantitative estimate of drug-likeness (QED) is 0.668. The van der Waals surface area contributed by atoms with Crippen molar-refractivity contribution in [2.75, 3.05) is 5.75 Å². The Morgan fingerprint density at radius 3 is 2.62 bits per heavy atom. The van der Waals surface area contributed by atoms with Gasteiger partial charge in [0, 0.05) is 10.3 Å². The van der Waals surface area contributed by atoms with Crippen LogP contribution in [0, 0.1) is 0 Å². The third kappa shape index (κ3) is 2.95. The zero-order valence-electron chi connectivity index (χ0n) is 11.7. The zero-order valence-corrected chi connectivity index (χ0v) is 13.2. The summed E-state index contributed by atoms with van der Waals surface area (Å²) in [6, 6.07) is 15.7. The minimum absolute atomic E-state index is 0.283. The van der Waals surface area contributed by atoms with Crippen molar-refractivity contribution in [3.63, 3.8) is 0 Å². The SMILES string of the molecule is CCSc1ccc(C(N)c2cc3cccc(Cl)c3o2)cc1. The molecule has 2 N–H and O–H groups in total. The van der Waals surface area contributed by atoms with Crippen molar-refractivity contribution >= 4 is 34.3 Å². The molecule has 0 aliphatic rings. The molecule has 0 amide bonds. The van der Waals surface area contributed by atoms with Crippen LogP contribution in [0.5, 0.6) is 0 Å². The average molecular weight is 318 g/mol. The molecule has 4 heteroatoms. The minimum atomic E-state index is -0.283. The highest BCUT2D eigenvalue weighted by atomic mass is 35.5. The van der Waals surface area contributed by atoms with E-state index in [4.69, 9.17) is 21.8 Å². The molecule has 2 nitrogen and oxygen atoms in total. The lowest BCUT2D eigenvalue weighted by Crippen LogP contribution is -2.10. The van der Waals surface area contributed by atoms with E-state index in [9.17, 15) is 0 Å². The van der Waals surface area contributed by atoms with Gasteiger partial charge in [-0.15, -0.1) is 11.8 Å². The van der Waals surface area contributed by atoms with Crippen molar-refractivity contribution in [3.8, 4) is 0 Å². The van der Waals surface area contributed by atoms with Crippen LogP contribution in [0.4, 0.5) is 0 Å². The summed E-state index contributed by atoms with van der Waals surface area (Å²) in [6.45, 7) is 2.14. The van der Waals surface area contributed by atoms with Gasteiger partial charge in [0.25, 0.3) is 0 Å². The van der Waals surface area contributed by atoms with Gasteiger partial charge >= 0.3 is 0 Å². The van der Waals surface area contributed by atoms with Crippen LogP contribution in [-0.4, -0.2) is 5.75 Å². The van der Waals surface area contributed by atoms with E-state index in [-0.39, 0.29) is 6.04 Å². The van der Waals surface area contributed by atoms with E-state index in [0.717, 1.165) is 22.5 Å². The van der Waals surface area contributed by atoms with Gasteiger partial charge in [-0.1, -0.05) is 42.8 Å². The Kier molecular flexibility index (Phi) is 4.24. The first-order valence-electron chi connectivity index (χ1n) is 6.85. The number of nitrogens with two attached hydrogens (primary N) is 1. The molecule has 0 saturated carbocycles. The molecule has 0 aliphatic heterocycles. The number of hydrogen-bond acceptors (Lipinski definition) is 3. The Balaban J connectivity index is 1.92. The Hall–Kier alpha value is -1.42. The van der Waals surface area contributed by atoms with Gasteiger partial charge in [0.1, 0.15) is 5.76 Å². The highest BCUT2D eigenvalue weighted by Crippen LogP contribution is 2.31. The first kappa shape index (κ1) is 14.5. The van der Waals surface area contributed by atoms with Crippen LogP contribution < -0.4 is 5.73 Å². The lowest BCUT2D eigenvalue weighted by Gasteiger charge is -2.09. The monoisotopic (exact) mass is 317 g/mol. The Morgan fingerprint density at radius 2 is 1.95 bits per heavy atom. The molecule has 3 aromatic rings. The van der Waals surface area contributed by atoms with Crippen LogP contribution in [0.3, 0.4) is 0 Å². The fourth-order valence-corrected chi connectivity index (χ4v) is 3.19. The smallest absolute Gasteiger partial charge is 0.152 e. The summed E-state index contributed by atoms with van der Waals surface area (Å²) in [4.78, 5) is 1.25. The summed E-state index contributed by atoms with van der Waals surface area (Å²) in [5.41, 5.74) is 8.04. The second-order valence-corrected chi connectivity index (χ2v) is 6.53. The second kappa shape index (κ2) is 6.14. The fraction of sp³-hybridized carbons (Fsp3) is 0.176. The van der Waals surface area contributed by atoms with E-state index < -0.39 is 0 Å². The lowest BCUT2D eigenvalue weighted by atomic mass is 10.1. The van der Waals surface area contributed by atoms with E-state index in [1.165, 1.54) is 4.90 Å². The van der Waals surface area contributed by atoms with Gasteiger partial charge in [-0.05, 0) is 35.6 Å². The first-order chi connectivity index (χ1) is 10.2. The number of para-hydroxylation sites is 1. The number of furan rings is 1. The average Bonchev–Trinajstić information content (AvgIpc) is 2.93. The molecule has 108 valence electrons. The molecule has 0 saturated heterocycles. The van der Waals surface area contributed by atoms with Gasteiger partial charge in [-0.2, -0.15) is 0 Å². The maximum absolute atomic E-state index is 6.31. The van der Waals surface area contributed by atoms with Gasteiger partial charge in [0.05, 0.1) is 11.1 Å². The summed E-state index contributed by atoms with van der Waals surface area (Å²) in [5.74, 6) is 1.79. The van der Waals surface area contributed by atoms with Crippen LogP contribution >= 0.6 is 23.4 Å². The minimum Gasteiger partial charge on any atom is -0.457 e. The molecular weight excluding hydrogens is 302 g/mol. The molecule has 0 aliphatic carbocycles. The van der Waals surface area contributed by atoms with Crippen molar-refractivity contribution in [3.05, 3.63) is 64.9 Å². The summed E-state index contributed by atoms with van der Waals surface area (Å²) in [5, 5.41) is 1.59. The highest BCUT2D eigenvalue weighted by Gasteiger charge is 2.15. The van der Waals surface area contributed by atoms with Crippen molar-refractivity contribution in [1.82, 2.24) is 0 Å². The summed E-state index contributed by atoms with van der Waals surface area (Å²) in [6.07, 6.45) is 0. The Labute approximate surface area is 133 Å². The maximum atomic E-state index is 6.31. The summed E-state index contributed by atoms with van der Waals surface area (Å²) >= 11 is 7.95. The standard InChI is InChI=1S/C17H16ClNOS/c1-2-21-13-8-6-11(7-9-13)16(19)15-10-12-4-3-5-14(18)17(12)20-15/h3-10,16H,2,19H2,1H3. The third-order valence-corrected chi connectivity index (χ3v) is 4.56. The van der Waals surface area contributed by atoms with Crippen LogP contribution in [0.15, 0.2) is 57.8 Å². The van der Waals surface area contributed by atoms with Crippen LogP contribution in [0.1, 0.15) is 24.3 Å². The van der Waals surface area contributed by atoms with Crippen molar-refractivity contribution in [2.24, 2.45) is 5.73 Å². The number of halogens is 1. The molecule has 0 bridgehead atoms. The topological polar surface area (TPSA) is 39.2 Å². The molecule has 0 radical (unpaired) electrons. The van der Waals surface area contributed by atoms with Gasteiger partial charge in [0.2, 0.25) is 0 Å². The molecule has 1 aromatic heterocycles. The largest absolute Gasteiger partial charge is 0.457 e. The summed E-state index contributed by atoms with van der Waals surface area (Å²) in [7, 11) is 0. The predicted molar refractivity (Wildman–Crippen MR) is 90.1 cm³/mol. The van der Waals surface area contributed by atoms with E-state index in [2.05, 4.69) is 31.2 Å². The molecule has 0 fully saturated rings. The zero-order chi connectivity index (χ0) is 14.8. The number of rotatable bonds is 4. The summed E-state index contributed by atoms with van der Waals surface area (Å²) < 4.78 is 5.83. The predicted octanol–water partition coefficient (Wildman–Crippen LogP) is 5.25. The van der Waals surface area contributed by atoms with E-state index in [1.54, 1.807) is 0 Å². The van der Waals surface area contributed by atoms with Crippen LogP contribution in [0.2, 0.25) is 5.02 Å². The first-order valence-corrected chi connectivity index (χ1v) is 8.21. The highest BCUT2D eigenvalue weighted by molar-refractivity contribution is 7.99. The number of thioether (sulfide) groups is 1. The molecule has 0 spiro atoms. The van der Waals surface area contributed by atoms with Crippen LogP contribution in [0.25, 0.3) is 11.0 Å². The van der Waals surface area contributed by atoms with E-state index >= 15 is 0 Å². The molecule has 1 atom stereocenters. The van der Waals surface area contributed by atoms with Crippen LogP contribution in [-0.2, 0) is 0 Å². The number of hydrogen-bond donors (Lipinski definition) is 1. The van der Waals surface area contributed by atoms with Crippen molar-refractivity contribution in [2.45, 2.75) is 17.9 Å². The fourth-order valence-electron chi connectivity index (χ4n) is 2.30. The van der Waals surface area contributed by atoms with Gasteiger partial charge in [0.15, 0.2) is 5.58 Å². The molecule has 3 rings (SSSR count). The third-order valence-electron chi connectivity index (χ3n) is 3.37. The molecule has 1 heterocycles. The van der Waals surface area contributed by atoms with Gasteiger partial charge in [-0.25, -0.2) is 0 Å². The van der Waals surface area contributed by atoms with E-state index in [0.29, 0.717) is 10.6 Å². The molecule has 2 aromatic carbocycles. The van der Waals surface area contributed by atoms with Gasteiger partial charge < -0.3 is 10.2 Å². The normalized spacial score (nSPS) is 12.7. The van der Waals surface area contributed by atoms with E-state index in [1.807, 2.05) is 36.0 Å². The molecular formula is C17H16ClNOS. The van der Waals surface area contributed by atoms with Crippen molar-refractivity contribution < 1.29 is 4.42 Å². The maximum Gasteiger partial charge on any atom is 0.152 e. The van der Waals surface area contributed by atoms with Gasteiger partial charge in [-0.3, -0.25) is 0 Å². The Bertz CT molecular complexity index is 751. The number of fused-ring (bicyclic) bond motifs is 1.